The van der Waals surface area contributed by atoms with Gasteiger partial charge in [0.15, 0.2) is 6.61 Å². The molecule has 4 rings (SSSR count). The van der Waals surface area contributed by atoms with E-state index >= 15 is 0 Å². The van der Waals surface area contributed by atoms with E-state index in [0.29, 0.717) is 10.7 Å². The van der Waals surface area contributed by atoms with Gasteiger partial charge in [-0.15, -0.1) is 11.3 Å². The van der Waals surface area contributed by atoms with Crippen LogP contribution in [0.1, 0.15) is 16.6 Å². The summed E-state index contributed by atoms with van der Waals surface area (Å²) < 4.78 is 23.4. The van der Waals surface area contributed by atoms with E-state index in [9.17, 15) is 14.0 Å². The molecule has 1 saturated heterocycles. The third-order valence-electron chi connectivity index (χ3n) is 3.68. The summed E-state index contributed by atoms with van der Waals surface area (Å²) in [6.45, 7) is -0.106. The van der Waals surface area contributed by atoms with Crippen LogP contribution in [0.2, 0.25) is 0 Å². The number of nitrogens with zero attached hydrogens (tertiary/aromatic N) is 3. The number of benzene rings is 1. The Balaban J connectivity index is 1.38. The summed E-state index contributed by atoms with van der Waals surface area (Å²) in [5.74, 6) is 0.0698. The molecule has 7 nitrogen and oxygen atoms in total. The summed E-state index contributed by atoms with van der Waals surface area (Å²) in [6.07, 6.45) is 1.69. The molecule has 10 heteroatoms. The van der Waals surface area contributed by atoms with Crippen LogP contribution in [0.15, 0.2) is 51.2 Å². The Morgan fingerprint density at radius 1 is 1.21 bits per heavy atom. The predicted molar refractivity (Wildman–Crippen MR) is 101 cm³/mol. The molecule has 1 fully saturated rings. The van der Waals surface area contributed by atoms with Crippen molar-refractivity contribution in [1.29, 1.82) is 0 Å². The molecular formula is C18H12FN3O4S2. The number of imide groups is 1. The lowest BCUT2D eigenvalue weighted by atomic mass is 10.3. The Morgan fingerprint density at radius 3 is 2.79 bits per heavy atom. The van der Waals surface area contributed by atoms with Gasteiger partial charge >= 0.3 is 0 Å². The zero-order chi connectivity index (χ0) is 19.5. The normalized spacial score (nSPS) is 15.6. The molecule has 0 unspecified atom stereocenters. The van der Waals surface area contributed by atoms with Crippen molar-refractivity contribution in [2.75, 3.05) is 0 Å². The van der Waals surface area contributed by atoms with Gasteiger partial charge in [-0.05, 0) is 53.5 Å². The molecule has 0 bridgehead atoms. The van der Waals surface area contributed by atoms with Crippen LogP contribution in [0.5, 0.6) is 5.75 Å². The summed E-state index contributed by atoms with van der Waals surface area (Å²) in [7, 11) is 0. The molecule has 0 aliphatic carbocycles. The number of rotatable bonds is 6. The molecule has 3 aromatic rings. The molecule has 28 heavy (non-hydrogen) atoms. The van der Waals surface area contributed by atoms with E-state index in [2.05, 4.69) is 10.1 Å². The number of amides is 2. The first-order valence-electron chi connectivity index (χ1n) is 8.07. The minimum Gasteiger partial charge on any atom is -0.485 e. The lowest BCUT2D eigenvalue weighted by Crippen LogP contribution is -2.27. The fourth-order valence-corrected chi connectivity index (χ4v) is 3.93. The highest BCUT2D eigenvalue weighted by atomic mass is 32.2. The minimum absolute atomic E-state index is 0.00923. The Morgan fingerprint density at radius 2 is 2.04 bits per heavy atom. The highest BCUT2D eigenvalue weighted by Crippen LogP contribution is 2.33. The van der Waals surface area contributed by atoms with E-state index in [-0.39, 0.29) is 30.7 Å². The third-order valence-corrected chi connectivity index (χ3v) is 5.40. The summed E-state index contributed by atoms with van der Waals surface area (Å²) in [5, 5.41) is 5.27. The van der Waals surface area contributed by atoms with E-state index in [1.54, 1.807) is 6.08 Å². The number of thioether (sulfide) groups is 1. The topological polar surface area (TPSA) is 85.5 Å². The average molecular weight is 417 g/mol. The van der Waals surface area contributed by atoms with Gasteiger partial charge in [-0.1, -0.05) is 11.2 Å². The van der Waals surface area contributed by atoms with Crippen LogP contribution in [0.25, 0.3) is 6.08 Å². The second kappa shape index (κ2) is 7.95. The number of hydrogen-bond donors (Lipinski definition) is 0. The maximum atomic E-state index is 12.9. The largest absolute Gasteiger partial charge is 0.485 e. The number of ether oxygens (including phenoxy) is 1. The first-order valence-corrected chi connectivity index (χ1v) is 9.77. The van der Waals surface area contributed by atoms with Gasteiger partial charge in [-0.3, -0.25) is 14.5 Å². The zero-order valence-corrected chi connectivity index (χ0v) is 15.8. The maximum absolute atomic E-state index is 12.9. The van der Waals surface area contributed by atoms with Crippen molar-refractivity contribution in [2.45, 2.75) is 13.2 Å². The highest BCUT2D eigenvalue weighted by molar-refractivity contribution is 8.18. The first-order chi connectivity index (χ1) is 13.6. The molecule has 2 amide bonds. The van der Waals surface area contributed by atoms with Gasteiger partial charge in [0.2, 0.25) is 11.7 Å². The molecule has 0 N–H and O–H groups in total. The van der Waals surface area contributed by atoms with E-state index < -0.39 is 11.1 Å². The minimum atomic E-state index is -0.397. The molecule has 2 aromatic heterocycles. The average Bonchev–Trinajstić information content (AvgIpc) is 3.41. The van der Waals surface area contributed by atoms with Gasteiger partial charge in [0.05, 0.1) is 4.91 Å². The van der Waals surface area contributed by atoms with Gasteiger partial charge < -0.3 is 9.26 Å². The molecule has 3 heterocycles. The molecular weight excluding hydrogens is 405 g/mol. The second-order valence-electron chi connectivity index (χ2n) is 5.63. The summed E-state index contributed by atoms with van der Waals surface area (Å²) >= 11 is 2.35. The SMILES string of the molecule is O=C1S/C(=C\c2cccs2)C(=O)N1Cc1nc(COc2ccc(F)cc2)no1. The molecule has 0 atom stereocenters. The van der Waals surface area contributed by atoms with Crippen molar-refractivity contribution in [2.24, 2.45) is 0 Å². The van der Waals surface area contributed by atoms with Gasteiger partial charge in [0.25, 0.3) is 11.1 Å². The molecule has 142 valence electrons. The number of thiophene rings is 1. The monoisotopic (exact) mass is 417 g/mol. The molecule has 1 aromatic carbocycles. The van der Waals surface area contributed by atoms with Gasteiger partial charge in [-0.2, -0.15) is 4.98 Å². The fourth-order valence-electron chi connectivity index (χ4n) is 2.37. The molecule has 0 saturated carbocycles. The predicted octanol–water partition coefficient (Wildman–Crippen LogP) is 4.09. The van der Waals surface area contributed by atoms with Crippen molar-refractivity contribution in [3.63, 3.8) is 0 Å². The maximum Gasteiger partial charge on any atom is 0.294 e. The lowest BCUT2D eigenvalue weighted by molar-refractivity contribution is -0.123. The standard InChI is InChI=1S/C18H12FN3O4S2/c19-11-3-5-12(6-4-11)25-10-15-20-16(26-21-15)9-22-17(23)14(28-18(22)24)8-13-2-1-7-27-13/h1-8H,9-10H2/b14-8-. The first kappa shape index (κ1) is 18.4. The van der Waals surface area contributed by atoms with Crippen LogP contribution >= 0.6 is 23.1 Å². The van der Waals surface area contributed by atoms with Crippen LogP contribution in [-0.4, -0.2) is 26.2 Å². The van der Waals surface area contributed by atoms with E-state index in [1.165, 1.54) is 35.6 Å². The van der Waals surface area contributed by atoms with E-state index in [1.807, 2.05) is 17.5 Å². The Kier molecular flexibility index (Phi) is 5.22. The molecule has 0 spiro atoms. The van der Waals surface area contributed by atoms with Crippen LogP contribution < -0.4 is 4.74 Å². The van der Waals surface area contributed by atoms with Crippen LogP contribution in [0.4, 0.5) is 9.18 Å². The van der Waals surface area contributed by atoms with Gasteiger partial charge in [0, 0.05) is 4.88 Å². The summed E-state index contributed by atoms with van der Waals surface area (Å²) in [5.41, 5.74) is 0. The molecule has 1 aliphatic rings. The second-order valence-corrected chi connectivity index (χ2v) is 7.60. The molecule has 1 aliphatic heterocycles. The summed E-state index contributed by atoms with van der Waals surface area (Å²) in [4.78, 5) is 31.1. The van der Waals surface area contributed by atoms with Gasteiger partial charge in [0.1, 0.15) is 18.1 Å². The van der Waals surface area contributed by atoms with Crippen LogP contribution in [0.3, 0.4) is 0 Å². The zero-order valence-electron chi connectivity index (χ0n) is 14.2. The summed E-state index contributed by atoms with van der Waals surface area (Å²) in [6, 6.07) is 9.26. The number of carbonyl (C=O) groups is 2. The fraction of sp³-hybridized carbons (Fsp3) is 0.111. The van der Waals surface area contributed by atoms with Crippen LogP contribution in [-0.2, 0) is 17.9 Å². The van der Waals surface area contributed by atoms with E-state index in [4.69, 9.17) is 9.26 Å². The quantitative estimate of drug-likeness (QED) is 0.559. The van der Waals surface area contributed by atoms with Crippen molar-refractivity contribution in [3.8, 4) is 5.75 Å². The Bertz CT molecular complexity index is 1030. The van der Waals surface area contributed by atoms with Crippen molar-refractivity contribution in [1.82, 2.24) is 15.0 Å². The van der Waals surface area contributed by atoms with Crippen molar-refractivity contribution >= 4 is 40.3 Å². The number of hydrogen-bond acceptors (Lipinski definition) is 8. The third kappa shape index (κ3) is 4.12. The van der Waals surface area contributed by atoms with Crippen molar-refractivity contribution in [3.05, 3.63) is 69.1 Å². The Labute approximate surface area is 166 Å². The molecule has 0 radical (unpaired) electrons. The lowest BCUT2D eigenvalue weighted by Gasteiger charge is -2.08. The Hall–Kier alpha value is -2.98. The van der Waals surface area contributed by atoms with Crippen LogP contribution in [0, 0.1) is 5.82 Å². The number of halogens is 1. The number of carbonyl (C=O) groups excluding carboxylic acids is 2. The van der Waals surface area contributed by atoms with Crippen molar-refractivity contribution < 1.29 is 23.2 Å². The number of aromatic nitrogens is 2. The smallest absolute Gasteiger partial charge is 0.294 e. The van der Waals surface area contributed by atoms with Gasteiger partial charge in [-0.25, -0.2) is 4.39 Å². The highest BCUT2D eigenvalue weighted by Gasteiger charge is 2.36. The van der Waals surface area contributed by atoms with E-state index in [0.717, 1.165) is 21.5 Å².